The van der Waals surface area contributed by atoms with Gasteiger partial charge in [-0.05, 0) is 35.6 Å². The molecule has 1 aromatic heterocycles. The lowest BCUT2D eigenvalue weighted by Gasteiger charge is -2.29. The summed E-state index contributed by atoms with van der Waals surface area (Å²) < 4.78 is 11.7. The molecule has 1 fully saturated rings. The Balaban J connectivity index is 1.44. The summed E-state index contributed by atoms with van der Waals surface area (Å²) in [7, 11) is 0. The minimum atomic E-state index is -0.508. The Morgan fingerprint density at radius 3 is 2.46 bits per heavy atom. The summed E-state index contributed by atoms with van der Waals surface area (Å²) in [5, 5.41) is 2.88. The van der Waals surface area contributed by atoms with Crippen LogP contribution in [0.25, 0.3) is 21.7 Å². The van der Waals surface area contributed by atoms with Gasteiger partial charge in [-0.25, -0.2) is 0 Å². The maximum Gasteiger partial charge on any atom is 0.290 e. The van der Waals surface area contributed by atoms with Gasteiger partial charge in [0.15, 0.2) is 5.43 Å². The van der Waals surface area contributed by atoms with Gasteiger partial charge in [0.05, 0.1) is 30.2 Å². The van der Waals surface area contributed by atoms with Crippen LogP contribution in [0, 0.1) is 0 Å². The number of halogens is 1. The topological polar surface area (TPSA) is 63.0 Å². The molecule has 1 atom stereocenters. The molecule has 3 heterocycles. The number of hydrogen-bond acceptors (Lipinski definition) is 5. The third kappa shape index (κ3) is 3.92. The van der Waals surface area contributed by atoms with Crippen molar-refractivity contribution >= 4 is 39.2 Å². The van der Waals surface area contributed by atoms with Gasteiger partial charge in [-0.1, -0.05) is 54.1 Å². The van der Waals surface area contributed by atoms with Crippen LogP contribution in [0.2, 0.25) is 5.02 Å². The summed E-state index contributed by atoms with van der Waals surface area (Å²) in [4.78, 5) is 31.7. The van der Waals surface area contributed by atoms with Crippen LogP contribution in [0.4, 0.5) is 0 Å². The van der Waals surface area contributed by atoms with Gasteiger partial charge in [0.2, 0.25) is 5.76 Å². The molecule has 0 spiro atoms. The Kier molecular flexibility index (Phi) is 5.80. The van der Waals surface area contributed by atoms with Gasteiger partial charge < -0.3 is 14.1 Å². The normalized spacial score (nSPS) is 18.5. The van der Waals surface area contributed by atoms with Crippen LogP contribution < -0.4 is 5.43 Å². The maximum atomic E-state index is 13.8. The molecule has 6 rings (SSSR count). The van der Waals surface area contributed by atoms with E-state index in [9.17, 15) is 9.59 Å². The van der Waals surface area contributed by atoms with Gasteiger partial charge in [0.1, 0.15) is 5.58 Å². The number of fused-ring (bicyclic) bond motifs is 4. The molecule has 4 aromatic rings. The molecule has 7 heteroatoms. The van der Waals surface area contributed by atoms with Crippen LogP contribution in [0.1, 0.15) is 34.1 Å². The zero-order valence-electron chi connectivity index (χ0n) is 19.2. The molecule has 0 radical (unpaired) electrons. The number of benzene rings is 3. The van der Waals surface area contributed by atoms with Crippen molar-refractivity contribution in [2.24, 2.45) is 0 Å². The highest BCUT2D eigenvalue weighted by Gasteiger charge is 2.42. The second kappa shape index (κ2) is 9.11. The Morgan fingerprint density at radius 1 is 0.886 bits per heavy atom. The Hall–Kier alpha value is -3.19. The number of nitrogens with zero attached hydrogens (tertiary/aromatic N) is 2. The first kappa shape index (κ1) is 22.3. The molecule has 3 aromatic carbocycles. The first-order chi connectivity index (χ1) is 17.1. The van der Waals surface area contributed by atoms with Crippen LogP contribution in [-0.2, 0) is 4.74 Å². The number of amides is 1. The highest BCUT2D eigenvalue weighted by atomic mass is 35.5. The number of rotatable bonds is 5. The van der Waals surface area contributed by atoms with Crippen LogP contribution in [0.5, 0.6) is 0 Å². The van der Waals surface area contributed by atoms with Crippen molar-refractivity contribution in [3.05, 3.63) is 92.8 Å². The summed E-state index contributed by atoms with van der Waals surface area (Å²) in [6.07, 6.45) is 0.792. The van der Waals surface area contributed by atoms with E-state index in [0.29, 0.717) is 28.1 Å². The summed E-state index contributed by atoms with van der Waals surface area (Å²) in [6.45, 7) is 4.65. The van der Waals surface area contributed by atoms with E-state index in [0.717, 1.165) is 55.6 Å². The first-order valence-electron chi connectivity index (χ1n) is 12.0. The van der Waals surface area contributed by atoms with E-state index < -0.39 is 6.04 Å². The second-order valence-corrected chi connectivity index (χ2v) is 9.53. The summed E-state index contributed by atoms with van der Waals surface area (Å²) >= 11 is 6.14. The van der Waals surface area contributed by atoms with Crippen molar-refractivity contribution in [3.63, 3.8) is 0 Å². The molecule has 1 amide bonds. The van der Waals surface area contributed by atoms with Crippen molar-refractivity contribution in [3.8, 4) is 0 Å². The van der Waals surface area contributed by atoms with Crippen molar-refractivity contribution in [1.29, 1.82) is 0 Å². The van der Waals surface area contributed by atoms with Gasteiger partial charge in [-0.15, -0.1) is 0 Å². The quantitative estimate of drug-likeness (QED) is 0.375. The number of morpholine rings is 1. The Morgan fingerprint density at radius 2 is 1.66 bits per heavy atom. The van der Waals surface area contributed by atoms with Crippen molar-refractivity contribution in [1.82, 2.24) is 9.80 Å². The number of carbonyl (C=O) groups is 1. The van der Waals surface area contributed by atoms with E-state index in [1.54, 1.807) is 23.1 Å². The first-order valence-corrected chi connectivity index (χ1v) is 12.3. The van der Waals surface area contributed by atoms with Gasteiger partial charge in [0, 0.05) is 36.6 Å². The average molecular weight is 489 g/mol. The minimum Gasteiger partial charge on any atom is -0.450 e. The predicted octanol–water partition coefficient (Wildman–Crippen LogP) is 4.87. The highest BCUT2D eigenvalue weighted by Crippen LogP contribution is 2.39. The smallest absolute Gasteiger partial charge is 0.290 e. The fraction of sp³-hybridized carbons (Fsp3) is 0.286. The van der Waals surface area contributed by atoms with E-state index in [4.69, 9.17) is 20.8 Å². The van der Waals surface area contributed by atoms with Crippen LogP contribution in [-0.4, -0.2) is 55.1 Å². The Bertz CT molecular complexity index is 1470. The lowest BCUT2D eigenvalue weighted by molar-refractivity contribution is 0.0353. The van der Waals surface area contributed by atoms with Crippen molar-refractivity contribution in [2.75, 3.05) is 39.4 Å². The zero-order valence-corrected chi connectivity index (χ0v) is 20.0. The molecule has 0 bridgehead atoms. The summed E-state index contributed by atoms with van der Waals surface area (Å²) in [5.74, 6) is -0.0981. The fourth-order valence-electron chi connectivity index (χ4n) is 5.26. The summed E-state index contributed by atoms with van der Waals surface area (Å²) in [5.41, 5.74) is 1.56. The Labute approximate surface area is 207 Å². The van der Waals surface area contributed by atoms with Gasteiger partial charge >= 0.3 is 0 Å². The highest BCUT2D eigenvalue weighted by molar-refractivity contribution is 6.30. The molecule has 35 heavy (non-hydrogen) atoms. The van der Waals surface area contributed by atoms with E-state index in [-0.39, 0.29) is 17.1 Å². The standard InChI is InChI=1S/C28H25ClN2O4/c29-20-9-6-19(7-10-20)24-23-25(32)22-11-8-18-4-1-2-5-21(18)26(22)35-27(23)28(33)31(24)13-3-12-30-14-16-34-17-15-30/h1-2,4-11,24H,3,12-17H2. The van der Waals surface area contributed by atoms with Crippen molar-refractivity contribution in [2.45, 2.75) is 12.5 Å². The van der Waals surface area contributed by atoms with Crippen LogP contribution >= 0.6 is 11.6 Å². The molecule has 1 unspecified atom stereocenters. The van der Waals surface area contributed by atoms with E-state index in [2.05, 4.69) is 4.90 Å². The maximum absolute atomic E-state index is 13.8. The lowest BCUT2D eigenvalue weighted by Crippen LogP contribution is -2.38. The molecule has 2 aliphatic rings. The minimum absolute atomic E-state index is 0.144. The summed E-state index contributed by atoms with van der Waals surface area (Å²) in [6, 6.07) is 18.3. The molecular formula is C28H25ClN2O4. The third-order valence-electron chi connectivity index (χ3n) is 7.02. The van der Waals surface area contributed by atoms with E-state index in [1.165, 1.54) is 0 Å². The van der Waals surface area contributed by atoms with Gasteiger partial charge in [-0.2, -0.15) is 0 Å². The molecule has 6 nitrogen and oxygen atoms in total. The molecule has 0 N–H and O–H groups in total. The predicted molar refractivity (Wildman–Crippen MR) is 136 cm³/mol. The monoisotopic (exact) mass is 488 g/mol. The van der Waals surface area contributed by atoms with Crippen LogP contribution in [0.15, 0.2) is 69.9 Å². The van der Waals surface area contributed by atoms with Crippen molar-refractivity contribution < 1.29 is 13.9 Å². The molecule has 0 aliphatic carbocycles. The zero-order chi connectivity index (χ0) is 23.9. The number of carbonyl (C=O) groups excluding carboxylic acids is 1. The van der Waals surface area contributed by atoms with Gasteiger partial charge in [0.25, 0.3) is 5.91 Å². The largest absolute Gasteiger partial charge is 0.450 e. The van der Waals surface area contributed by atoms with E-state index >= 15 is 0 Å². The average Bonchev–Trinajstić information content (AvgIpc) is 3.17. The molecule has 2 aliphatic heterocycles. The van der Waals surface area contributed by atoms with Gasteiger partial charge in [-0.3, -0.25) is 14.5 Å². The fourth-order valence-corrected chi connectivity index (χ4v) is 5.39. The molecule has 1 saturated heterocycles. The number of ether oxygens (including phenoxy) is 1. The third-order valence-corrected chi connectivity index (χ3v) is 7.27. The molecule has 0 saturated carbocycles. The second-order valence-electron chi connectivity index (χ2n) is 9.10. The molecule has 178 valence electrons. The number of hydrogen-bond donors (Lipinski definition) is 0. The van der Waals surface area contributed by atoms with E-state index in [1.807, 2.05) is 42.5 Å². The lowest BCUT2D eigenvalue weighted by atomic mass is 9.97. The molecular weight excluding hydrogens is 464 g/mol. The SMILES string of the molecule is O=C1c2oc3c(ccc4ccccc43)c(=O)c2C(c2ccc(Cl)cc2)N1CCCN1CCOCC1. The van der Waals surface area contributed by atoms with Crippen LogP contribution in [0.3, 0.4) is 0 Å².